The second kappa shape index (κ2) is 16.3. The van der Waals surface area contributed by atoms with E-state index in [2.05, 4.69) is 73.7 Å². The SMILES string of the molecule is C.C=CC.CC.CC(=O)OC1CCC2(C)C(CCC3(C)C4CCC5(C(=O)N6CCCC6C6NC(c7cccnc7)=CN6C)CCCC5C4CCC32)C1(C)C. The number of hydrogen-bond acceptors (Lipinski definition) is 6. The predicted octanol–water partition coefficient (Wildman–Crippen LogP) is 10.5. The largest absolute Gasteiger partial charge is 0.462 e. The fraction of sp³-hybridized carbons (Fsp3) is 0.766. The van der Waals surface area contributed by atoms with Crippen LogP contribution in [0.1, 0.15) is 152 Å². The highest BCUT2D eigenvalue weighted by Crippen LogP contribution is 2.73. The summed E-state index contributed by atoms with van der Waals surface area (Å²) < 4.78 is 5.96. The average molecular weight is 745 g/mol. The van der Waals surface area contributed by atoms with Gasteiger partial charge in [-0.2, -0.15) is 0 Å². The van der Waals surface area contributed by atoms with Crippen molar-refractivity contribution in [2.24, 2.45) is 51.2 Å². The molecule has 5 aliphatic carbocycles. The minimum atomic E-state index is -0.172. The third-order valence-corrected chi connectivity index (χ3v) is 16.2. The number of nitrogens with zero attached hydrogens (tertiary/aromatic N) is 3. The smallest absolute Gasteiger partial charge is 0.302 e. The number of carbonyl (C=O) groups is 2. The van der Waals surface area contributed by atoms with Gasteiger partial charge in [0.15, 0.2) is 0 Å². The average Bonchev–Trinajstić information content (AvgIpc) is 3.89. The zero-order chi connectivity index (χ0) is 38.3. The van der Waals surface area contributed by atoms with Crippen LogP contribution in [0.4, 0.5) is 0 Å². The van der Waals surface area contributed by atoms with Gasteiger partial charge in [0.05, 0.1) is 17.2 Å². The Morgan fingerprint density at radius 1 is 0.926 bits per heavy atom. The van der Waals surface area contributed by atoms with Gasteiger partial charge < -0.3 is 19.9 Å². The molecular formula is C47H76N4O3. The molecule has 5 saturated carbocycles. The molecule has 11 atom stereocenters. The summed E-state index contributed by atoms with van der Waals surface area (Å²) in [4.78, 5) is 36.1. The number of allylic oxidation sites excluding steroid dienone is 1. The number of pyridine rings is 1. The molecule has 8 rings (SSSR count). The Morgan fingerprint density at radius 3 is 2.33 bits per heavy atom. The van der Waals surface area contributed by atoms with Crippen molar-refractivity contribution in [3.63, 3.8) is 0 Å². The van der Waals surface area contributed by atoms with Crippen molar-refractivity contribution in [1.82, 2.24) is 20.1 Å². The maximum absolute atomic E-state index is 15.1. The molecule has 54 heavy (non-hydrogen) atoms. The topological polar surface area (TPSA) is 74.8 Å². The van der Waals surface area contributed by atoms with E-state index in [1.807, 2.05) is 39.2 Å². The van der Waals surface area contributed by atoms with Gasteiger partial charge in [-0.1, -0.05) is 61.5 Å². The van der Waals surface area contributed by atoms with Crippen LogP contribution >= 0.6 is 0 Å². The highest BCUT2D eigenvalue weighted by Gasteiger charge is 2.68. The number of ether oxygens (including phenoxy) is 1. The van der Waals surface area contributed by atoms with Gasteiger partial charge in [-0.15, -0.1) is 6.58 Å². The summed E-state index contributed by atoms with van der Waals surface area (Å²) >= 11 is 0. The second-order valence-electron chi connectivity index (χ2n) is 18.8. The summed E-state index contributed by atoms with van der Waals surface area (Å²) in [7, 11) is 2.15. The normalized spacial score (nSPS) is 39.9. The number of carbonyl (C=O) groups excluding carboxylic acids is 2. The molecule has 1 aromatic rings. The van der Waals surface area contributed by atoms with Gasteiger partial charge in [0.2, 0.25) is 5.91 Å². The molecule has 2 aliphatic heterocycles. The van der Waals surface area contributed by atoms with E-state index in [4.69, 9.17) is 4.74 Å². The van der Waals surface area contributed by atoms with Crippen LogP contribution in [-0.2, 0) is 14.3 Å². The van der Waals surface area contributed by atoms with Crippen LogP contribution in [0, 0.1) is 51.2 Å². The fourth-order valence-corrected chi connectivity index (χ4v) is 14.3. The van der Waals surface area contributed by atoms with Crippen LogP contribution in [0.15, 0.2) is 43.4 Å². The third-order valence-electron chi connectivity index (χ3n) is 16.2. The van der Waals surface area contributed by atoms with Crippen molar-refractivity contribution in [2.75, 3.05) is 13.6 Å². The Hall–Kier alpha value is -2.83. The summed E-state index contributed by atoms with van der Waals surface area (Å²) in [6.07, 6.45) is 23.0. The summed E-state index contributed by atoms with van der Waals surface area (Å²) in [6.45, 7) is 21.8. The maximum atomic E-state index is 15.1. The second-order valence-corrected chi connectivity index (χ2v) is 18.8. The Bertz CT molecular complexity index is 1510. The van der Waals surface area contributed by atoms with Crippen molar-refractivity contribution in [2.45, 2.75) is 165 Å². The number of fused-ring (bicyclic) bond motifs is 7. The van der Waals surface area contributed by atoms with Crippen LogP contribution in [0.2, 0.25) is 0 Å². The molecule has 302 valence electrons. The van der Waals surface area contributed by atoms with E-state index in [-0.39, 0.29) is 48.0 Å². The first kappa shape index (κ1) is 42.3. The molecule has 0 bridgehead atoms. The van der Waals surface area contributed by atoms with Gasteiger partial charge in [0, 0.05) is 50.1 Å². The van der Waals surface area contributed by atoms with Crippen LogP contribution in [0.25, 0.3) is 5.70 Å². The van der Waals surface area contributed by atoms with Crippen LogP contribution in [-0.4, -0.2) is 58.6 Å². The summed E-state index contributed by atoms with van der Waals surface area (Å²) in [6, 6.07) is 4.29. The minimum Gasteiger partial charge on any atom is -0.462 e. The number of hydrogen-bond donors (Lipinski definition) is 1. The molecule has 0 spiro atoms. The lowest BCUT2D eigenvalue weighted by molar-refractivity contribution is -0.221. The van der Waals surface area contributed by atoms with Gasteiger partial charge in [0.1, 0.15) is 12.3 Å². The quantitative estimate of drug-likeness (QED) is 0.244. The summed E-state index contributed by atoms with van der Waals surface area (Å²) in [5.74, 6) is 3.57. The number of nitrogens with one attached hydrogen (secondary N) is 1. The highest BCUT2D eigenvalue weighted by molar-refractivity contribution is 5.84. The predicted molar refractivity (Wildman–Crippen MR) is 222 cm³/mol. The van der Waals surface area contributed by atoms with Crippen molar-refractivity contribution < 1.29 is 14.3 Å². The Morgan fingerprint density at radius 2 is 1.65 bits per heavy atom. The lowest BCUT2D eigenvalue weighted by Gasteiger charge is -2.69. The lowest BCUT2D eigenvalue weighted by atomic mass is 9.36. The Kier molecular flexibility index (Phi) is 12.8. The monoisotopic (exact) mass is 745 g/mol. The first-order valence-corrected chi connectivity index (χ1v) is 21.5. The van der Waals surface area contributed by atoms with Crippen LogP contribution in [0.5, 0.6) is 0 Å². The molecule has 11 unspecified atom stereocenters. The molecule has 1 saturated heterocycles. The van der Waals surface area contributed by atoms with E-state index in [9.17, 15) is 4.79 Å². The molecule has 6 fully saturated rings. The zero-order valence-corrected chi connectivity index (χ0v) is 34.8. The molecule has 1 N–H and O–H groups in total. The fourth-order valence-electron chi connectivity index (χ4n) is 14.3. The first-order chi connectivity index (χ1) is 25.3. The van der Waals surface area contributed by atoms with E-state index in [0.29, 0.717) is 35.0 Å². The van der Waals surface area contributed by atoms with Crippen molar-refractivity contribution >= 4 is 17.6 Å². The van der Waals surface area contributed by atoms with Gasteiger partial charge >= 0.3 is 5.97 Å². The standard InChI is InChI=1S/C41H60N4O3.C3H6.C2H6.CH4/c1-26(46)48-35-17-20-40(5)33(38(35,2)3)16-19-39(4)29-15-21-41(18-7-11-30(41)28(29)13-14-34(39)40)37(47)45-23-9-12-32(45)36-43-31(25-44(36)6)27-10-8-22-42-24-27;1-3-2;1-2;/h8,10,22,24-25,28-30,32-36,43H,7,9,11-21,23H2,1-6H3;3H,1H2,2H3;1-2H3;1H4. The number of likely N-dealkylation sites (N-methyl/N-ethyl adjacent to an activating group) is 1. The molecule has 0 radical (unpaired) electrons. The molecule has 3 heterocycles. The van der Waals surface area contributed by atoms with E-state index in [1.165, 1.54) is 51.4 Å². The molecule has 1 amide bonds. The zero-order valence-electron chi connectivity index (χ0n) is 34.8. The Labute approximate surface area is 329 Å². The summed E-state index contributed by atoms with van der Waals surface area (Å²) in [5.41, 5.74) is 2.64. The highest BCUT2D eigenvalue weighted by atomic mass is 16.5. The van der Waals surface area contributed by atoms with Crippen LogP contribution in [0.3, 0.4) is 0 Å². The molecule has 7 aliphatic rings. The summed E-state index contributed by atoms with van der Waals surface area (Å²) in [5, 5.41) is 3.80. The number of amides is 1. The van der Waals surface area contributed by atoms with Crippen molar-refractivity contribution in [3.05, 3.63) is 48.9 Å². The minimum absolute atomic E-state index is 0. The van der Waals surface area contributed by atoms with Crippen molar-refractivity contribution in [1.29, 1.82) is 0 Å². The number of esters is 1. The van der Waals surface area contributed by atoms with E-state index < -0.39 is 0 Å². The molecule has 7 heteroatoms. The lowest BCUT2D eigenvalue weighted by Crippen LogP contribution is -2.64. The van der Waals surface area contributed by atoms with E-state index in [0.717, 1.165) is 55.8 Å². The third kappa shape index (κ3) is 6.84. The molecule has 7 nitrogen and oxygen atoms in total. The van der Waals surface area contributed by atoms with Crippen LogP contribution < -0.4 is 5.32 Å². The van der Waals surface area contributed by atoms with E-state index in [1.54, 1.807) is 13.0 Å². The van der Waals surface area contributed by atoms with Gasteiger partial charge in [-0.05, 0) is 137 Å². The van der Waals surface area contributed by atoms with Gasteiger partial charge in [-0.3, -0.25) is 14.6 Å². The van der Waals surface area contributed by atoms with E-state index >= 15 is 4.79 Å². The van der Waals surface area contributed by atoms with Crippen molar-refractivity contribution in [3.8, 4) is 0 Å². The molecule has 1 aromatic heterocycles. The Balaban J connectivity index is 0.000000892. The molecule has 0 aromatic carbocycles. The molecular weight excluding hydrogens is 669 g/mol. The number of likely N-dealkylation sites (tertiary alicyclic amines) is 1. The maximum Gasteiger partial charge on any atom is 0.302 e. The van der Waals surface area contributed by atoms with Gasteiger partial charge in [-0.25, -0.2) is 0 Å². The van der Waals surface area contributed by atoms with Gasteiger partial charge in [0.25, 0.3) is 0 Å². The number of aromatic nitrogens is 1. The number of rotatable bonds is 4. The first-order valence-electron chi connectivity index (χ1n) is 21.5.